The van der Waals surface area contributed by atoms with Crippen LogP contribution in [0.5, 0.6) is 11.5 Å². The lowest BCUT2D eigenvalue weighted by Gasteiger charge is -2.19. The summed E-state index contributed by atoms with van der Waals surface area (Å²) in [5.41, 5.74) is 2.00. The second-order valence-corrected chi connectivity index (χ2v) is 6.03. The van der Waals surface area contributed by atoms with E-state index in [1.807, 2.05) is 6.92 Å². The molecule has 1 aliphatic rings. The molecule has 0 spiro atoms. The number of nitrogens with one attached hydrogen (secondary N) is 2. The van der Waals surface area contributed by atoms with Crippen LogP contribution < -0.4 is 20.1 Å². The Morgan fingerprint density at radius 3 is 2.48 bits per heavy atom. The molecule has 25 heavy (non-hydrogen) atoms. The fourth-order valence-electron chi connectivity index (χ4n) is 2.43. The van der Waals surface area contributed by atoms with Crippen LogP contribution in [0.3, 0.4) is 0 Å². The molecular formula is C18H17ClN2O4. The van der Waals surface area contributed by atoms with Gasteiger partial charge in [0, 0.05) is 22.5 Å². The summed E-state index contributed by atoms with van der Waals surface area (Å²) < 4.78 is 10.9. The molecule has 6 nitrogen and oxygen atoms in total. The van der Waals surface area contributed by atoms with Gasteiger partial charge in [0.1, 0.15) is 19.6 Å². The van der Waals surface area contributed by atoms with Gasteiger partial charge in [0.25, 0.3) is 0 Å². The molecule has 0 atom stereocenters. The third-order valence-electron chi connectivity index (χ3n) is 3.61. The largest absolute Gasteiger partial charge is 0.486 e. The number of rotatable bonds is 4. The SMILES string of the molecule is Cc1cc(Cl)ccc1NC(=O)CC(=O)Nc1ccc2c(c1)OCCO2. The quantitative estimate of drug-likeness (QED) is 0.819. The molecule has 0 aliphatic carbocycles. The van der Waals surface area contributed by atoms with Crippen LogP contribution in [0.4, 0.5) is 11.4 Å². The van der Waals surface area contributed by atoms with Gasteiger partial charge in [0.15, 0.2) is 11.5 Å². The predicted molar refractivity (Wildman–Crippen MR) is 95.5 cm³/mol. The molecule has 0 radical (unpaired) electrons. The van der Waals surface area contributed by atoms with E-state index in [2.05, 4.69) is 10.6 Å². The highest BCUT2D eigenvalue weighted by Gasteiger charge is 2.15. The fourth-order valence-corrected chi connectivity index (χ4v) is 2.66. The van der Waals surface area contributed by atoms with Crippen molar-refractivity contribution in [1.82, 2.24) is 0 Å². The van der Waals surface area contributed by atoms with Crippen LogP contribution in [0.15, 0.2) is 36.4 Å². The van der Waals surface area contributed by atoms with Crippen LogP contribution in [0.1, 0.15) is 12.0 Å². The molecule has 0 aromatic heterocycles. The number of anilines is 2. The van der Waals surface area contributed by atoms with Gasteiger partial charge in [-0.25, -0.2) is 0 Å². The van der Waals surface area contributed by atoms with Gasteiger partial charge >= 0.3 is 0 Å². The van der Waals surface area contributed by atoms with Crippen LogP contribution in [0.25, 0.3) is 0 Å². The molecule has 0 saturated heterocycles. The van der Waals surface area contributed by atoms with Crippen LogP contribution in [0, 0.1) is 6.92 Å². The van der Waals surface area contributed by atoms with Crippen LogP contribution >= 0.6 is 11.6 Å². The zero-order valence-corrected chi connectivity index (χ0v) is 14.4. The Kier molecular flexibility index (Phi) is 5.09. The number of aryl methyl sites for hydroxylation is 1. The van der Waals surface area contributed by atoms with Crippen molar-refractivity contribution < 1.29 is 19.1 Å². The number of hydrogen-bond acceptors (Lipinski definition) is 4. The minimum atomic E-state index is -0.416. The standard InChI is InChI=1S/C18H17ClN2O4/c1-11-8-12(19)2-4-14(11)21-18(23)10-17(22)20-13-3-5-15-16(9-13)25-7-6-24-15/h2-5,8-9H,6-7,10H2,1H3,(H,20,22)(H,21,23). The molecule has 2 aromatic rings. The van der Waals surface area contributed by atoms with E-state index in [4.69, 9.17) is 21.1 Å². The Morgan fingerprint density at radius 2 is 1.72 bits per heavy atom. The summed E-state index contributed by atoms with van der Waals surface area (Å²) in [6.07, 6.45) is -0.295. The first-order valence-corrected chi connectivity index (χ1v) is 8.14. The van der Waals surface area contributed by atoms with Gasteiger partial charge in [-0.1, -0.05) is 11.6 Å². The molecule has 2 aromatic carbocycles. The molecule has 0 fully saturated rings. The third kappa shape index (κ3) is 4.42. The topological polar surface area (TPSA) is 76.7 Å². The normalized spacial score (nSPS) is 12.4. The third-order valence-corrected chi connectivity index (χ3v) is 3.84. The molecule has 0 saturated carbocycles. The highest BCUT2D eigenvalue weighted by Crippen LogP contribution is 2.32. The molecule has 2 N–H and O–H groups in total. The van der Waals surface area contributed by atoms with Gasteiger partial charge in [-0.3, -0.25) is 9.59 Å². The highest BCUT2D eigenvalue weighted by molar-refractivity contribution is 6.30. The van der Waals surface area contributed by atoms with Crippen molar-refractivity contribution in [3.63, 3.8) is 0 Å². The highest BCUT2D eigenvalue weighted by atomic mass is 35.5. The lowest BCUT2D eigenvalue weighted by molar-refractivity contribution is -0.123. The number of carbonyl (C=O) groups is 2. The molecule has 7 heteroatoms. The maximum Gasteiger partial charge on any atom is 0.233 e. The molecule has 1 heterocycles. The number of halogens is 1. The van der Waals surface area contributed by atoms with Crippen molar-refractivity contribution in [2.75, 3.05) is 23.8 Å². The van der Waals surface area contributed by atoms with Crippen molar-refractivity contribution in [2.45, 2.75) is 13.3 Å². The van der Waals surface area contributed by atoms with E-state index < -0.39 is 11.8 Å². The molecule has 130 valence electrons. The Balaban J connectivity index is 1.57. The Hall–Kier alpha value is -2.73. The van der Waals surface area contributed by atoms with E-state index in [0.717, 1.165) is 5.56 Å². The van der Waals surface area contributed by atoms with E-state index in [-0.39, 0.29) is 6.42 Å². The molecule has 2 amide bonds. The second-order valence-electron chi connectivity index (χ2n) is 5.59. The van der Waals surface area contributed by atoms with Gasteiger partial charge in [-0.2, -0.15) is 0 Å². The number of fused-ring (bicyclic) bond motifs is 1. The first-order valence-electron chi connectivity index (χ1n) is 7.77. The van der Waals surface area contributed by atoms with Gasteiger partial charge < -0.3 is 20.1 Å². The average Bonchev–Trinajstić information content (AvgIpc) is 2.57. The minimum Gasteiger partial charge on any atom is -0.486 e. The summed E-state index contributed by atoms with van der Waals surface area (Å²) in [5.74, 6) is 0.395. The van der Waals surface area contributed by atoms with Gasteiger partial charge in [-0.15, -0.1) is 0 Å². The summed E-state index contributed by atoms with van der Waals surface area (Å²) in [6.45, 7) is 2.80. The second kappa shape index (κ2) is 7.44. The van der Waals surface area contributed by atoms with Crippen molar-refractivity contribution in [2.24, 2.45) is 0 Å². The first-order chi connectivity index (χ1) is 12.0. The smallest absolute Gasteiger partial charge is 0.233 e. The van der Waals surface area contributed by atoms with E-state index in [0.29, 0.717) is 41.1 Å². The Labute approximate surface area is 150 Å². The minimum absolute atomic E-state index is 0.295. The number of benzene rings is 2. The van der Waals surface area contributed by atoms with Crippen LogP contribution in [-0.2, 0) is 9.59 Å². The molecule has 0 unspecified atom stereocenters. The first kappa shape index (κ1) is 17.1. The van der Waals surface area contributed by atoms with Crippen molar-refractivity contribution in [3.05, 3.63) is 47.0 Å². The fraction of sp³-hybridized carbons (Fsp3) is 0.222. The predicted octanol–water partition coefficient (Wildman–Crippen LogP) is 3.39. The van der Waals surface area contributed by atoms with Crippen LogP contribution in [0.2, 0.25) is 5.02 Å². The van der Waals surface area contributed by atoms with Gasteiger partial charge in [0.2, 0.25) is 11.8 Å². The maximum atomic E-state index is 12.1. The molecule has 1 aliphatic heterocycles. The zero-order valence-electron chi connectivity index (χ0n) is 13.6. The van der Waals surface area contributed by atoms with E-state index in [1.54, 1.807) is 36.4 Å². The number of hydrogen-bond donors (Lipinski definition) is 2. The number of carbonyl (C=O) groups excluding carboxylic acids is 2. The summed E-state index contributed by atoms with van der Waals surface area (Å²) >= 11 is 5.88. The van der Waals surface area contributed by atoms with Crippen molar-refractivity contribution >= 4 is 34.8 Å². The van der Waals surface area contributed by atoms with E-state index in [9.17, 15) is 9.59 Å². The summed E-state index contributed by atoms with van der Waals surface area (Å²) in [6, 6.07) is 10.2. The lowest BCUT2D eigenvalue weighted by atomic mass is 10.2. The van der Waals surface area contributed by atoms with E-state index in [1.165, 1.54) is 0 Å². The van der Waals surface area contributed by atoms with Crippen LogP contribution in [-0.4, -0.2) is 25.0 Å². The summed E-state index contributed by atoms with van der Waals surface area (Å²) in [5, 5.41) is 5.97. The Bertz CT molecular complexity index is 823. The summed E-state index contributed by atoms with van der Waals surface area (Å²) in [4.78, 5) is 24.1. The molecule has 0 bridgehead atoms. The molecular weight excluding hydrogens is 344 g/mol. The number of ether oxygens (including phenoxy) is 2. The lowest BCUT2D eigenvalue weighted by Crippen LogP contribution is -2.22. The molecule has 3 rings (SSSR count). The number of amides is 2. The van der Waals surface area contributed by atoms with Crippen molar-refractivity contribution in [1.29, 1.82) is 0 Å². The van der Waals surface area contributed by atoms with Crippen molar-refractivity contribution in [3.8, 4) is 11.5 Å². The summed E-state index contributed by atoms with van der Waals surface area (Å²) in [7, 11) is 0. The van der Waals surface area contributed by atoms with Gasteiger partial charge in [0.05, 0.1) is 0 Å². The van der Waals surface area contributed by atoms with E-state index >= 15 is 0 Å². The Morgan fingerprint density at radius 1 is 1.00 bits per heavy atom. The average molecular weight is 361 g/mol. The van der Waals surface area contributed by atoms with Gasteiger partial charge in [-0.05, 0) is 42.8 Å². The maximum absolute atomic E-state index is 12.1. The zero-order chi connectivity index (χ0) is 17.8. The monoisotopic (exact) mass is 360 g/mol.